The lowest BCUT2D eigenvalue weighted by atomic mass is 9.93. The maximum Gasteiger partial charge on any atom is 0.237 e. The normalized spacial score (nSPS) is 19.5. The van der Waals surface area contributed by atoms with Crippen molar-refractivity contribution in [2.75, 3.05) is 20.3 Å². The van der Waals surface area contributed by atoms with E-state index in [1.54, 1.807) is 7.05 Å². The average Bonchev–Trinajstić information content (AvgIpc) is 2.68. The van der Waals surface area contributed by atoms with Crippen LogP contribution in [0.5, 0.6) is 11.5 Å². The Morgan fingerprint density at radius 3 is 2.59 bits per heavy atom. The molecule has 5 nitrogen and oxygen atoms in total. The molecule has 0 spiro atoms. The minimum absolute atomic E-state index is 0.0651. The van der Waals surface area contributed by atoms with Gasteiger partial charge in [0, 0.05) is 20.1 Å². The molecular formula is C22H26N2O3. The van der Waals surface area contributed by atoms with E-state index in [9.17, 15) is 4.79 Å². The topological polar surface area (TPSA) is 50.8 Å². The van der Waals surface area contributed by atoms with E-state index in [1.165, 1.54) is 11.1 Å². The van der Waals surface area contributed by atoms with E-state index in [0.717, 1.165) is 56.1 Å². The van der Waals surface area contributed by atoms with Gasteiger partial charge in [0.2, 0.25) is 5.91 Å². The van der Waals surface area contributed by atoms with Crippen molar-refractivity contribution >= 4 is 5.91 Å². The number of benzene rings is 2. The highest BCUT2D eigenvalue weighted by molar-refractivity contribution is 5.82. The summed E-state index contributed by atoms with van der Waals surface area (Å²) in [4.78, 5) is 14.7. The molecule has 1 amide bonds. The molecule has 0 fully saturated rings. The van der Waals surface area contributed by atoms with Crippen LogP contribution in [0.15, 0.2) is 42.5 Å². The van der Waals surface area contributed by atoms with Crippen LogP contribution in [-0.2, 0) is 24.3 Å². The van der Waals surface area contributed by atoms with Crippen LogP contribution in [-0.4, -0.2) is 37.1 Å². The molecule has 0 bridgehead atoms. The van der Waals surface area contributed by atoms with Crippen molar-refractivity contribution in [3.05, 3.63) is 59.2 Å². The molecule has 2 aliphatic heterocycles. The van der Waals surface area contributed by atoms with Gasteiger partial charge in [-0.25, -0.2) is 0 Å². The maximum atomic E-state index is 12.5. The molecule has 4 rings (SSSR count). The predicted molar refractivity (Wildman–Crippen MR) is 104 cm³/mol. The number of hydrogen-bond donors (Lipinski definition) is 1. The fourth-order valence-corrected chi connectivity index (χ4v) is 3.85. The first kappa shape index (κ1) is 17.9. The van der Waals surface area contributed by atoms with Gasteiger partial charge in [0.1, 0.15) is 0 Å². The third-order valence-electron chi connectivity index (χ3n) is 5.34. The van der Waals surface area contributed by atoms with Gasteiger partial charge in [-0.3, -0.25) is 9.69 Å². The van der Waals surface area contributed by atoms with Crippen molar-refractivity contribution in [3.8, 4) is 11.5 Å². The molecule has 2 heterocycles. The zero-order valence-electron chi connectivity index (χ0n) is 15.7. The van der Waals surface area contributed by atoms with Crippen molar-refractivity contribution in [2.45, 2.75) is 38.4 Å². The predicted octanol–water partition coefficient (Wildman–Crippen LogP) is 2.91. The highest BCUT2D eigenvalue weighted by Gasteiger charge is 2.31. The Kier molecular flexibility index (Phi) is 5.30. The smallest absolute Gasteiger partial charge is 0.237 e. The van der Waals surface area contributed by atoms with E-state index in [-0.39, 0.29) is 11.9 Å². The molecule has 1 N–H and O–H groups in total. The summed E-state index contributed by atoms with van der Waals surface area (Å²) in [7, 11) is 1.71. The Bertz CT molecular complexity index is 821. The summed E-state index contributed by atoms with van der Waals surface area (Å²) >= 11 is 0. The van der Waals surface area contributed by atoms with Crippen molar-refractivity contribution in [1.82, 2.24) is 10.2 Å². The minimum atomic E-state index is -0.163. The van der Waals surface area contributed by atoms with Gasteiger partial charge < -0.3 is 14.8 Å². The van der Waals surface area contributed by atoms with Gasteiger partial charge in [0.25, 0.3) is 0 Å². The largest absolute Gasteiger partial charge is 0.490 e. The average molecular weight is 366 g/mol. The summed E-state index contributed by atoms with van der Waals surface area (Å²) in [6, 6.07) is 14.3. The number of rotatable bonds is 3. The molecule has 2 aliphatic rings. The first-order valence-electron chi connectivity index (χ1n) is 9.65. The Morgan fingerprint density at radius 1 is 1.07 bits per heavy atom. The molecule has 2 aromatic rings. The number of amides is 1. The number of carbonyl (C=O) groups is 1. The second kappa shape index (κ2) is 8.01. The minimum Gasteiger partial charge on any atom is -0.490 e. The van der Waals surface area contributed by atoms with Gasteiger partial charge in [-0.15, -0.1) is 0 Å². The van der Waals surface area contributed by atoms with Crippen molar-refractivity contribution in [2.24, 2.45) is 0 Å². The molecule has 0 aliphatic carbocycles. The fourth-order valence-electron chi connectivity index (χ4n) is 3.85. The quantitative estimate of drug-likeness (QED) is 0.908. The summed E-state index contributed by atoms with van der Waals surface area (Å²) < 4.78 is 11.7. The standard InChI is InChI=1S/C22H26N2O3/c1-23-22(25)19-13-17-6-2-3-7-18(17)15-24(19)14-16-8-9-20-21(12-16)27-11-5-4-10-26-20/h2-3,6-9,12,19H,4-5,10-11,13-15H2,1H3,(H,23,25)/t19-/m0/s1. The van der Waals surface area contributed by atoms with E-state index >= 15 is 0 Å². The molecular weight excluding hydrogens is 340 g/mol. The SMILES string of the molecule is CNC(=O)[C@@H]1Cc2ccccc2CN1Cc1ccc2c(c1)OCCCCO2. The van der Waals surface area contributed by atoms with Crippen LogP contribution in [0, 0.1) is 0 Å². The fraction of sp³-hybridized carbons (Fsp3) is 0.409. The van der Waals surface area contributed by atoms with E-state index in [4.69, 9.17) is 9.47 Å². The Balaban J connectivity index is 1.58. The first-order valence-corrected chi connectivity index (χ1v) is 9.65. The van der Waals surface area contributed by atoms with Gasteiger partial charge >= 0.3 is 0 Å². The van der Waals surface area contributed by atoms with Crippen LogP contribution in [0.4, 0.5) is 0 Å². The Hall–Kier alpha value is -2.53. The number of hydrogen-bond acceptors (Lipinski definition) is 4. The molecule has 2 aromatic carbocycles. The van der Waals surface area contributed by atoms with Crippen LogP contribution in [0.1, 0.15) is 29.5 Å². The van der Waals surface area contributed by atoms with E-state index in [0.29, 0.717) is 6.54 Å². The van der Waals surface area contributed by atoms with Crippen molar-refractivity contribution < 1.29 is 14.3 Å². The van der Waals surface area contributed by atoms with Crippen LogP contribution in [0.2, 0.25) is 0 Å². The maximum absolute atomic E-state index is 12.5. The van der Waals surface area contributed by atoms with E-state index in [2.05, 4.69) is 40.5 Å². The molecule has 0 saturated carbocycles. The van der Waals surface area contributed by atoms with Crippen LogP contribution >= 0.6 is 0 Å². The van der Waals surface area contributed by atoms with Crippen LogP contribution < -0.4 is 14.8 Å². The second-order valence-electron chi connectivity index (χ2n) is 7.19. The number of carbonyl (C=O) groups excluding carboxylic acids is 1. The second-order valence-corrected chi connectivity index (χ2v) is 7.19. The lowest BCUT2D eigenvalue weighted by molar-refractivity contribution is -0.126. The first-order chi connectivity index (χ1) is 13.2. The molecule has 1 atom stereocenters. The summed E-state index contributed by atoms with van der Waals surface area (Å²) in [6.45, 7) is 2.92. The van der Waals surface area contributed by atoms with Gasteiger partial charge in [-0.2, -0.15) is 0 Å². The van der Waals surface area contributed by atoms with Gasteiger partial charge in [-0.05, 0) is 48.1 Å². The summed E-state index contributed by atoms with van der Waals surface area (Å²) in [5.41, 5.74) is 3.69. The summed E-state index contributed by atoms with van der Waals surface area (Å²) in [5.74, 6) is 1.68. The van der Waals surface area contributed by atoms with E-state index in [1.807, 2.05) is 12.1 Å². The summed E-state index contributed by atoms with van der Waals surface area (Å²) in [5, 5.41) is 2.82. The van der Waals surface area contributed by atoms with Crippen LogP contribution in [0.25, 0.3) is 0 Å². The molecule has 0 radical (unpaired) electrons. The van der Waals surface area contributed by atoms with Crippen LogP contribution in [0.3, 0.4) is 0 Å². The van der Waals surface area contributed by atoms with Gasteiger partial charge in [-0.1, -0.05) is 30.3 Å². The lowest BCUT2D eigenvalue weighted by Gasteiger charge is -2.36. The molecule has 0 aromatic heterocycles. The Morgan fingerprint density at radius 2 is 1.81 bits per heavy atom. The molecule has 142 valence electrons. The van der Waals surface area contributed by atoms with Gasteiger partial charge in [0.15, 0.2) is 11.5 Å². The zero-order valence-corrected chi connectivity index (χ0v) is 15.7. The monoisotopic (exact) mass is 366 g/mol. The molecule has 5 heteroatoms. The zero-order chi connectivity index (χ0) is 18.6. The molecule has 27 heavy (non-hydrogen) atoms. The third kappa shape index (κ3) is 3.93. The van der Waals surface area contributed by atoms with E-state index < -0.39 is 0 Å². The number of ether oxygens (including phenoxy) is 2. The highest BCUT2D eigenvalue weighted by atomic mass is 16.5. The highest BCUT2D eigenvalue weighted by Crippen LogP contribution is 2.32. The number of likely N-dealkylation sites (N-methyl/N-ethyl adjacent to an activating group) is 1. The van der Waals surface area contributed by atoms with Gasteiger partial charge in [0.05, 0.1) is 19.3 Å². The number of fused-ring (bicyclic) bond motifs is 2. The molecule has 0 saturated heterocycles. The number of nitrogens with zero attached hydrogens (tertiary/aromatic N) is 1. The lowest BCUT2D eigenvalue weighted by Crippen LogP contribution is -2.49. The van der Waals surface area contributed by atoms with Crippen molar-refractivity contribution in [3.63, 3.8) is 0 Å². The summed E-state index contributed by atoms with van der Waals surface area (Å²) in [6.07, 6.45) is 2.76. The molecule has 0 unspecified atom stereocenters. The third-order valence-corrected chi connectivity index (χ3v) is 5.34. The number of nitrogens with one attached hydrogen (secondary N) is 1. The van der Waals surface area contributed by atoms with Crippen molar-refractivity contribution in [1.29, 1.82) is 0 Å². The Labute approximate surface area is 160 Å².